The number of aromatic nitrogens is 4. The molecule has 0 aliphatic heterocycles. The lowest BCUT2D eigenvalue weighted by Gasteiger charge is -2.32. The smallest absolute Gasteiger partial charge is 0.275 e. The molecule has 1 saturated carbocycles. The molecule has 3 aromatic heterocycles. The SMILES string of the molecule is CNC(=O)c1nn(CC2(n3cc(C)c4cc(C)cnc43)CCCC2)cc(O)c1=O. The van der Waals surface area contributed by atoms with E-state index in [4.69, 9.17) is 4.98 Å². The Morgan fingerprint density at radius 3 is 2.69 bits per heavy atom. The van der Waals surface area contributed by atoms with Crippen LogP contribution in [0.4, 0.5) is 0 Å². The Balaban J connectivity index is 1.83. The second-order valence-electron chi connectivity index (χ2n) is 7.97. The summed E-state index contributed by atoms with van der Waals surface area (Å²) in [5.41, 5.74) is 1.84. The fourth-order valence-corrected chi connectivity index (χ4v) is 4.41. The Kier molecular flexibility index (Phi) is 4.64. The molecule has 0 radical (unpaired) electrons. The van der Waals surface area contributed by atoms with Crippen LogP contribution in [0.2, 0.25) is 0 Å². The number of nitrogens with one attached hydrogen (secondary N) is 1. The molecule has 8 heteroatoms. The predicted molar refractivity (Wildman–Crippen MR) is 109 cm³/mol. The van der Waals surface area contributed by atoms with Crippen LogP contribution in [-0.2, 0) is 12.1 Å². The summed E-state index contributed by atoms with van der Waals surface area (Å²) >= 11 is 0. The highest BCUT2D eigenvalue weighted by Crippen LogP contribution is 2.41. The van der Waals surface area contributed by atoms with Crippen LogP contribution in [-0.4, -0.2) is 37.4 Å². The van der Waals surface area contributed by atoms with Gasteiger partial charge < -0.3 is 15.0 Å². The number of aryl methyl sites for hydroxylation is 2. The van der Waals surface area contributed by atoms with Crippen LogP contribution in [0.5, 0.6) is 5.75 Å². The first kappa shape index (κ1) is 19.2. The lowest BCUT2D eigenvalue weighted by atomic mass is 9.97. The van der Waals surface area contributed by atoms with Crippen molar-refractivity contribution >= 4 is 16.9 Å². The van der Waals surface area contributed by atoms with E-state index in [1.807, 2.05) is 13.1 Å². The molecule has 3 heterocycles. The molecule has 2 N–H and O–H groups in total. The highest BCUT2D eigenvalue weighted by atomic mass is 16.3. The predicted octanol–water partition coefficient (Wildman–Crippen LogP) is 2.24. The van der Waals surface area contributed by atoms with Gasteiger partial charge in [-0.1, -0.05) is 12.8 Å². The van der Waals surface area contributed by atoms with Crippen molar-refractivity contribution in [2.24, 2.45) is 0 Å². The van der Waals surface area contributed by atoms with Crippen molar-refractivity contribution < 1.29 is 9.90 Å². The van der Waals surface area contributed by atoms with Gasteiger partial charge in [-0.15, -0.1) is 0 Å². The molecule has 1 amide bonds. The minimum absolute atomic E-state index is 0.288. The zero-order chi connectivity index (χ0) is 20.8. The summed E-state index contributed by atoms with van der Waals surface area (Å²) in [4.78, 5) is 28.8. The van der Waals surface area contributed by atoms with E-state index in [9.17, 15) is 14.7 Å². The molecule has 3 aromatic rings. The van der Waals surface area contributed by atoms with Crippen LogP contribution < -0.4 is 10.7 Å². The maximum absolute atomic E-state index is 12.1. The minimum atomic E-state index is -0.763. The molecule has 4 rings (SSSR count). The molecule has 0 unspecified atom stereocenters. The van der Waals surface area contributed by atoms with Crippen LogP contribution in [0.1, 0.15) is 47.3 Å². The average Bonchev–Trinajstić information content (AvgIpc) is 3.29. The summed E-state index contributed by atoms with van der Waals surface area (Å²) < 4.78 is 3.74. The third-order valence-corrected chi connectivity index (χ3v) is 5.87. The first-order valence-electron chi connectivity index (χ1n) is 9.82. The molecule has 0 aromatic carbocycles. The van der Waals surface area contributed by atoms with E-state index in [1.54, 1.807) is 0 Å². The van der Waals surface area contributed by atoms with E-state index in [-0.39, 0.29) is 11.2 Å². The lowest BCUT2D eigenvalue weighted by Crippen LogP contribution is -2.37. The van der Waals surface area contributed by atoms with Crippen molar-refractivity contribution in [3.05, 3.63) is 51.7 Å². The maximum atomic E-state index is 12.1. The monoisotopic (exact) mass is 395 g/mol. The van der Waals surface area contributed by atoms with Gasteiger partial charge in [0, 0.05) is 24.8 Å². The molecule has 152 valence electrons. The number of amides is 1. The second-order valence-corrected chi connectivity index (χ2v) is 7.97. The molecule has 1 fully saturated rings. The van der Waals surface area contributed by atoms with Crippen LogP contribution in [0, 0.1) is 13.8 Å². The number of hydrogen-bond acceptors (Lipinski definition) is 5. The molecule has 0 bridgehead atoms. The summed E-state index contributed by atoms with van der Waals surface area (Å²) in [6.07, 6.45) is 9.30. The largest absolute Gasteiger partial charge is 0.503 e. The molecule has 0 spiro atoms. The number of carbonyl (C=O) groups is 1. The number of nitrogens with zero attached hydrogens (tertiary/aromatic N) is 4. The van der Waals surface area contributed by atoms with Gasteiger partial charge >= 0.3 is 0 Å². The van der Waals surface area contributed by atoms with Crippen LogP contribution in [0.15, 0.2) is 29.5 Å². The lowest BCUT2D eigenvalue weighted by molar-refractivity contribution is 0.0952. The fraction of sp³-hybridized carbons (Fsp3) is 0.429. The Bertz CT molecular complexity index is 1160. The highest BCUT2D eigenvalue weighted by molar-refractivity contribution is 5.92. The van der Waals surface area contributed by atoms with E-state index < -0.39 is 17.1 Å². The number of pyridine rings is 1. The molecular formula is C21H25N5O3. The number of aromatic hydroxyl groups is 1. The van der Waals surface area contributed by atoms with Crippen molar-refractivity contribution in [1.29, 1.82) is 0 Å². The Labute approximate surface area is 168 Å². The van der Waals surface area contributed by atoms with Crippen molar-refractivity contribution in [3.8, 4) is 5.75 Å². The molecule has 0 saturated heterocycles. The zero-order valence-corrected chi connectivity index (χ0v) is 16.9. The molecule has 1 aliphatic carbocycles. The van der Waals surface area contributed by atoms with Crippen molar-refractivity contribution in [2.75, 3.05) is 7.05 Å². The number of fused-ring (bicyclic) bond motifs is 1. The van der Waals surface area contributed by atoms with Crippen molar-refractivity contribution in [1.82, 2.24) is 24.6 Å². The van der Waals surface area contributed by atoms with Gasteiger partial charge in [-0.2, -0.15) is 5.10 Å². The maximum Gasteiger partial charge on any atom is 0.275 e. The topological polar surface area (TPSA) is 102 Å². The van der Waals surface area contributed by atoms with Gasteiger partial charge in [0.25, 0.3) is 11.3 Å². The molecule has 8 nitrogen and oxygen atoms in total. The van der Waals surface area contributed by atoms with Crippen LogP contribution >= 0.6 is 0 Å². The van der Waals surface area contributed by atoms with E-state index >= 15 is 0 Å². The van der Waals surface area contributed by atoms with Gasteiger partial charge in [-0.05, 0) is 43.9 Å². The zero-order valence-electron chi connectivity index (χ0n) is 16.9. The summed E-state index contributed by atoms with van der Waals surface area (Å²) in [5.74, 6) is -1.09. The Morgan fingerprint density at radius 1 is 1.28 bits per heavy atom. The summed E-state index contributed by atoms with van der Waals surface area (Å²) in [5, 5.41) is 17.9. The van der Waals surface area contributed by atoms with Gasteiger partial charge in [0.15, 0.2) is 11.4 Å². The fourth-order valence-electron chi connectivity index (χ4n) is 4.41. The van der Waals surface area contributed by atoms with Crippen molar-refractivity contribution in [3.63, 3.8) is 0 Å². The summed E-state index contributed by atoms with van der Waals surface area (Å²) in [7, 11) is 1.43. The van der Waals surface area contributed by atoms with E-state index in [0.29, 0.717) is 6.54 Å². The Hall–Kier alpha value is -3.16. The van der Waals surface area contributed by atoms with Crippen LogP contribution in [0.3, 0.4) is 0 Å². The van der Waals surface area contributed by atoms with Gasteiger partial charge in [0.05, 0.1) is 18.3 Å². The third-order valence-electron chi connectivity index (χ3n) is 5.87. The van der Waals surface area contributed by atoms with E-state index in [1.165, 1.54) is 17.9 Å². The van der Waals surface area contributed by atoms with Gasteiger partial charge in [-0.25, -0.2) is 4.98 Å². The summed E-state index contributed by atoms with van der Waals surface area (Å²) in [6.45, 7) is 4.54. The number of hydrogen-bond donors (Lipinski definition) is 2. The first-order valence-corrected chi connectivity index (χ1v) is 9.82. The van der Waals surface area contributed by atoms with Crippen LogP contribution in [0.25, 0.3) is 11.0 Å². The van der Waals surface area contributed by atoms with Gasteiger partial charge in [-0.3, -0.25) is 14.3 Å². The average molecular weight is 395 g/mol. The Morgan fingerprint density at radius 2 is 2.00 bits per heavy atom. The molecular weight excluding hydrogens is 370 g/mol. The van der Waals surface area contributed by atoms with E-state index in [2.05, 4.69) is 34.2 Å². The van der Waals surface area contributed by atoms with Gasteiger partial charge in [0.2, 0.25) is 0 Å². The first-order chi connectivity index (χ1) is 13.8. The second kappa shape index (κ2) is 7.02. The quantitative estimate of drug-likeness (QED) is 0.705. The molecule has 0 atom stereocenters. The van der Waals surface area contributed by atoms with E-state index in [0.717, 1.165) is 47.8 Å². The van der Waals surface area contributed by atoms with Gasteiger partial charge in [0.1, 0.15) is 5.65 Å². The normalized spacial score (nSPS) is 15.7. The standard InChI is InChI=1S/C21H25N5O3/c1-13-8-15-14(2)10-26(19(15)23-9-13)21(6-4-5-7-21)12-25-11-16(27)18(28)17(24-25)20(29)22-3/h8-11,27H,4-7,12H2,1-3H3,(H,22,29). The molecule has 29 heavy (non-hydrogen) atoms. The minimum Gasteiger partial charge on any atom is -0.503 e. The summed E-state index contributed by atoms with van der Waals surface area (Å²) in [6, 6.07) is 2.14. The number of rotatable bonds is 4. The third kappa shape index (κ3) is 3.18. The highest BCUT2D eigenvalue weighted by Gasteiger charge is 2.38. The number of carbonyl (C=O) groups excluding carboxylic acids is 1. The molecule has 1 aliphatic rings. The van der Waals surface area contributed by atoms with Crippen molar-refractivity contribution in [2.45, 2.75) is 51.6 Å².